The molecule has 0 amide bonds. The standard InChI is InChI=1S/C15H28.C14H26.2C13H24/c1-10(2)14-6-12-5-13(7-14)9-15(8-12)11(3)4;1-10(2)13-6-11-5-12(7-13)9-14(3,4)8-11;2*1-9(2)13-7-11-4-10(3)5-12(6-11)8-13/h10-15H,5-9H2,1-4H3;10-13H,5-9H2,1-4H3;2*9-13H,4-8H2,1-3H3/t;11-,12+,13?;2*10?,11-,12+,13?. The molecule has 0 aromatic carbocycles. The van der Waals surface area contributed by atoms with E-state index < -0.39 is 0 Å². The molecule has 55 heavy (non-hydrogen) atoms. The summed E-state index contributed by atoms with van der Waals surface area (Å²) in [4.78, 5) is 0. The zero-order valence-corrected chi connectivity index (χ0v) is 40.2. The van der Waals surface area contributed by atoms with Gasteiger partial charge in [0.05, 0.1) is 0 Å². The average molecular weight is 763 g/mol. The van der Waals surface area contributed by atoms with Crippen LogP contribution in [0.3, 0.4) is 0 Å². The van der Waals surface area contributed by atoms with Crippen molar-refractivity contribution in [2.45, 2.75) is 225 Å². The summed E-state index contributed by atoms with van der Waals surface area (Å²) < 4.78 is 0. The van der Waals surface area contributed by atoms with Crippen LogP contribution in [0, 0.1) is 124 Å². The van der Waals surface area contributed by atoms with Crippen molar-refractivity contribution in [1.29, 1.82) is 0 Å². The summed E-state index contributed by atoms with van der Waals surface area (Å²) in [5, 5.41) is 0. The van der Waals surface area contributed by atoms with Crippen molar-refractivity contribution in [3.8, 4) is 0 Å². The third kappa shape index (κ3) is 14.0. The molecule has 0 aromatic rings. The lowest BCUT2D eigenvalue weighted by molar-refractivity contribution is 0.0397. The molecule has 8 saturated carbocycles. The summed E-state index contributed by atoms with van der Waals surface area (Å²) in [7, 11) is 0. The van der Waals surface area contributed by atoms with Crippen LogP contribution < -0.4 is 0 Å². The zero-order valence-electron chi connectivity index (χ0n) is 40.2. The van der Waals surface area contributed by atoms with Gasteiger partial charge in [-0.05, 0) is 252 Å². The third-order valence-electron chi connectivity index (χ3n) is 18.4. The Labute approximate surface area is 347 Å². The fourth-order valence-electron chi connectivity index (χ4n) is 15.7. The van der Waals surface area contributed by atoms with E-state index in [1.807, 2.05) is 0 Å². The summed E-state index contributed by atoms with van der Waals surface area (Å²) in [6.07, 6.45) is 30.7. The van der Waals surface area contributed by atoms with Crippen LogP contribution in [0.4, 0.5) is 0 Å². The topological polar surface area (TPSA) is 0 Å². The molecule has 0 saturated heterocycles. The Kier molecular flexibility index (Phi) is 17.2. The molecule has 8 fully saturated rings. The van der Waals surface area contributed by atoms with Crippen molar-refractivity contribution in [3.63, 3.8) is 0 Å². The van der Waals surface area contributed by atoms with E-state index in [2.05, 4.69) is 96.9 Å². The minimum absolute atomic E-state index is 0.648. The maximum absolute atomic E-state index is 2.47. The van der Waals surface area contributed by atoms with E-state index >= 15 is 0 Å². The van der Waals surface area contributed by atoms with E-state index in [4.69, 9.17) is 0 Å². The van der Waals surface area contributed by atoms with Crippen molar-refractivity contribution in [2.24, 2.45) is 124 Å². The van der Waals surface area contributed by atoms with E-state index in [1.165, 1.54) is 77.0 Å². The van der Waals surface area contributed by atoms with Gasteiger partial charge in [-0.2, -0.15) is 0 Å². The van der Waals surface area contributed by atoms with E-state index in [0.29, 0.717) is 5.41 Å². The molecule has 8 aliphatic rings. The molecular weight excluding hydrogens is 661 g/mol. The molecule has 8 bridgehead atoms. The molecule has 0 heterocycles. The molecule has 322 valence electrons. The van der Waals surface area contributed by atoms with Crippen molar-refractivity contribution < 1.29 is 0 Å². The molecule has 0 heteroatoms. The number of rotatable bonds is 5. The monoisotopic (exact) mass is 763 g/mol. The zero-order chi connectivity index (χ0) is 40.2. The van der Waals surface area contributed by atoms with Gasteiger partial charge in [-0.1, -0.05) is 96.9 Å². The summed E-state index contributed by atoms with van der Waals surface area (Å²) >= 11 is 0. The Bertz CT molecular complexity index is 965. The normalized spacial score (nSPS) is 43.1. The van der Waals surface area contributed by atoms with Gasteiger partial charge >= 0.3 is 0 Å². The third-order valence-corrected chi connectivity index (χ3v) is 18.4. The van der Waals surface area contributed by atoms with Crippen LogP contribution in [0.5, 0.6) is 0 Å². The summed E-state index contributed by atoms with van der Waals surface area (Å²) in [5.74, 6) is 20.6. The molecular formula is C55H102. The van der Waals surface area contributed by atoms with Crippen LogP contribution in [0.2, 0.25) is 0 Å². The first-order chi connectivity index (χ1) is 25.8. The molecule has 0 radical (unpaired) electrons. The van der Waals surface area contributed by atoms with Gasteiger partial charge in [0.2, 0.25) is 0 Å². The Morgan fingerprint density at radius 3 is 0.673 bits per heavy atom. The Morgan fingerprint density at radius 2 is 0.455 bits per heavy atom. The van der Waals surface area contributed by atoms with Crippen LogP contribution >= 0.6 is 0 Å². The largest absolute Gasteiger partial charge is 0.0625 e. The molecule has 11 atom stereocenters. The molecule has 0 nitrogen and oxygen atoms in total. The lowest BCUT2D eigenvalue weighted by atomic mass is 9.58. The van der Waals surface area contributed by atoms with E-state index in [0.717, 1.165) is 118 Å². The highest BCUT2D eigenvalue weighted by Gasteiger charge is 2.41. The highest BCUT2D eigenvalue weighted by Crippen LogP contribution is 2.52. The van der Waals surface area contributed by atoms with E-state index in [9.17, 15) is 0 Å². The molecule has 8 aliphatic carbocycles. The lowest BCUT2D eigenvalue weighted by Crippen LogP contribution is -2.36. The van der Waals surface area contributed by atoms with Crippen molar-refractivity contribution in [3.05, 3.63) is 0 Å². The SMILES string of the molecule is CC(C)C1CC2CC(C1)CC(C(C)C)C2.CC(C)C1C[C@@H]2C[C@H](C1)CC(C)(C)C2.CC1C[C@@H]2CC(C(C)C)C[C@H](C1)C2.CC1C[C@@H]2CC(C(C)C)C[C@H](C1)C2. The summed E-state index contributed by atoms with van der Waals surface area (Å²) in [6, 6.07) is 0. The highest BCUT2D eigenvalue weighted by atomic mass is 14.5. The van der Waals surface area contributed by atoms with Crippen LogP contribution in [0.1, 0.15) is 225 Å². The van der Waals surface area contributed by atoms with Crippen LogP contribution in [-0.2, 0) is 0 Å². The second-order valence-electron chi connectivity index (χ2n) is 26.0. The smallest absolute Gasteiger partial charge is 0.0349 e. The van der Waals surface area contributed by atoms with Gasteiger partial charge in [0.25, 0.3) is 0 Å². The predicted octanol–water partition coefficient (Wildman–Crippen LogP) is 17.4. The van der Waals surface area contributed by atoms with Gasteiger partial charge < -0.3 is 0 Å². The fourth-order valence-corrected chi connectivity index (χ4v) is 15.7. The van der Waals surface area contributed by atoms with Gasteiger partial charge in [-0.25, -0.2) is 0 Å². The molecule has 0 aliphatic heterocycles. The number of fused-ring (bicyclic) bond motifs is 8. The van der Waals surface area contributed by atoms with Crippen LogP contribution in [0.25, 0.3) is 0 Å². The first kappa shape index (κ1) is 46.1. The maximum Gasteiger partial charge on any atom is -0.0349 e. The molecule has 0 N–H and O–H groups in total. The first-order valence-electron chi connectivity index (χ1n) is 25.8. The van der Waals surface area contributed by atoms with Crippen molar-refractivity contribution >= 4 is 0 Å². The molecule has 0 spiro atoms. The van der Waals surface area contributed by atoms with E-state index in [1.54, 1.807) is 51.4 Å². The predicted molar refractivity (Wildman–Crippen MR) is 244 cm³/mol. The second-order valence-corrected chi connectivity index (χ2v) is 26.0. The quantitative estimate of drug-likeness (QED) is 0.262. The van der Waals surface area contributed by atoms with Gasteiger partial charge in [0, 0.05) is 0 Å². The maximum atomic E-state index is 2.47. The average Bonchev–Trinajstić information content (AvgIpc) is 3.06. The molecule has 8 rings (SSSR count). The van der Waals surface area contributed by atoms with Crippen LogP contribution in [0.15, 0.2) is 0 Å². The number of hydrogen-bond donors (Lipinski definition) is 0. The molecule has 5 unspecified atom stereocenters. The molecule has 0 aromatic heterocycles. The van der Waals surface area contributed by atoms with Crippen molar-refractivity contribution in [1.82, 2.24) is 0 Å². The summed E-state index contributed by atoms with van der Waals surface area (Å²) in [6.45, 7) is 34.0. The Balaban J connectivity index is 0.000000141. The Hall–Kier alpha value is 0. The van der Waals surface area contributed by atoms with Gasteiger partial charge in [-0.15, -0.1) is 0 Å². The summed E-state index contributed by atoms with van der Waals surface area (Å²) in [5.41, 5.74) is 0.648. The first-order valence-corrected chi connectivity index (χ1v) is 25.8. The lowest BCUT2D eigenvalue weighted by Gasteiger charge is -2.47. The minimum atomic E-state index is 0.648. The fraction of sp³-hybridized carbons (Fsp3) is 1.00. The van der Waals surface area contributed by atoms with Crippen LogP contribution in [-0.4, -0.2) is 0 Å². The minimum Gasteiger partial charge on any atom is -0.0625 e. The highest BCUT2D eigenvalue weighted by molar-refractivity contribution is 4.92. The van der Waals surface area contributed by atoms with Gasteiger partial charge in [-0.3, -0.25) is 0 Å². The number of hydrogen-bond acceptors (Lipinski definition) is 0. The van der Waals surface area contributed by atoms with Gasteiger partial charge in [0.1, 0.15) is 0 Å². The van der Waals surface area contributed by atoms with Gasteiger partial charge in [0.15, 0.2) is 0 Å². The Morgan fingerprint density at radius 1 is 0.273 bits per heavy atom. The van der Waals surface area contributed by atoms with Crippen molar-refractivity contribution in [2.75, 3.05) is 0 Å². The van der Waals surface area contributed by atoms with E-state index in [-0.39, 0.29) is 0 Å². The second kappa shape index (κ2) is 20.5.